The number of carbonyl (C=O) groups is 1. The van der Waals surface area contributed by atoms with Crippen LogP contribution in [0.1, 0.15) is 20.8 Å². The number of anilines is 1. The van der Waals surface area contributed by atoms with Gasteiger partial charge in [-0.1, -0.05) is 0 Å². The van der Waals surface area contributed by atoms with Crippen molar-refractivity contribution in [2.24, 2.45) is 0 Å². The molecule has 16 heavy (non-hydrogen) atoms. The zero-order valence-corrected chi connectivity index (χ0v) is 11.1. The molecule has 2 nitrogen and oxygen atoms in total. The predicted molar refractivity (Wildman–Crippen MR) is 71.0 cm³/mol. The number of aryl methyl sites for hydroxylation is 1. The summed E-state index contributed by atoms with van der Waals surface area (Å²) in [5, 5.41) is 0. The first kappa shape index (κ1) is 11.4. The van der Waals surface area contributed by atoms with Crippen molar-refractivity contribution in [1.29, 1.82) is 0 Å². The van der Waals surface area contributed by atoms with Gasteiger partial charge in [-0.2, -0.15) is 0 Å². The summed E-state index contributed by atoms with van der Waals surface area (Å²) in [5.41, 5.74) is 8.04. The Morgan fingerprint density at radius 2 is 2.06 bits per heavy atom. The summed E-state index contributed by atoms with van der Waals surface area (Å²) in [4.78, 5) is 12.8. The maximum absolute atomic E-state index is 12.1. The van der Waals surface area contributed by atoms with Crippen LogP contribution in [0.25, 0.3) is 0 Å². The molecule has 0 atom stereocenters. The van der Waals surface area contributed by atoms with Crippen molar-refractivity contribution in [3.8, 4) is 0 Å². The number of hydrogen-bond donors (Lipinski definition) is 1. The Hall–Kier alpha value is -1.13. The molecule has 1 aromatic carbocycles. The van der Waals surface area contributed by atoms with Crippen molar-refractivity contribution in [2.45, 2.75) is 6.92 Å². The summed E-state index contributed by atoms with van der Waals surface area (Å²) in [6.45, 7) is 1.90. The standard InChI is InChI=1S/C12H10BrNOS/c1-7-6-8(2-3-9(7)14)12(15)10-4-5-11(13)16-10/h2-6H,14H2,1H3. The minimum Gasteiger partial charge on any atom is -0.399 e. The minimum absolute atomic E-state index is 0.0406. The quantitative estimate of drug-likeness (QED) is 0.679. The smallest absolute Gasteiger partial charge is 0.202 e. The van der Waals surface area contributed by atoms with Crippen molar-refractivity contribution < 1.29 is 4.79 Å². The molecule has 2 aromatic rings. The third-order valence-electron chi connectivity index (χ3n) is 2.33. The zero-order chi connectivity index (χ0) is 11.7. The monoisotopic (exact) mass is 295 g/mol. The van der Waals surface area contributed by atoms with E-state index in [1.807, 2.05) is 25.1 Å². The molecule has 2 N–H and O–H groups in total. The average molecular weight is 296 g/mol. The molecule has 0 spiro atoms. The predicted octanol–water partition coefficient (Wildman–Crippen LogP) is 3.63. The summed E-state index contributed by atoms with van der Waals surface area (Å²) in [5.74, 6) is 0.0406. The van der Waals surface area contributed by atoms with Crippen molar-refractivity contribution in [2.75, 3.05) is 5.73 Å². The number of rotatable bonds is 2. The van der Waals surface area contributed by atoms with Gasteiger partial charge in [0.25, 0.3) is 0 Å². The highest BCUT2D eigenvalue weighted by atomic mass is 79.9. The Morgan fingerprint density at radius 3 is 2.62 bits per heavy atom. The Labute approximate surface area is 106 Å². The highest BCUT2D eigenvalue weighted by Crippen LogP contribution is 2.25. The third-order valence-corrected chi connectivity index (χ3v) is 3.95. The van der Waals surface area contributed by atoms with Crippen LogP contribution in [0.3, 0.4) is 0 Å². The van der Waals surface area contributed by atoms with Gasteiger partial charge in [0.05, 0.1) is 8.66 Å². The van der Waals surface area contributed by atoms with Gasteiger partial charge in [0.15, 0.2) is 0 Å². The molecule has 1 aromatic heterocycles. The van der Waals surface area contributed by atoms with Gasteiger partial charge < -0.3 is 5.73 Å². The number of carbonyl (C=O) groups excluding carboxylic acids is 1. The highest BCUT2D eigenvalue weighted by molar-refractivity contribution is 9.11. The van der Waals surface area contributed by atoms with E-state index in [2.05, 4.69) is 15.9 Å². The maximum atomic E-state index is 12.1. The van der Waals surface area contributed by atoms with Crippen molar-refractivity contribution in [3.63, 3.8) is 0 Å². The molecule has 4 heteroatoms. The van der Waals surface area contributed by atoms with E-state index in [-0.39, 0.29) is 5.78 Å². The fraction of sp³-hybridized carbons (Fsp3) is 0.0833. The Bertz CT molecular complexity index is 548. The first-order chi connectivity index (χ1) is 7.58. The molecule has 0 aliphatic heterocycles. The van der Waals surface area contributed by atoms with Gasteiger partial charge in [-0.05, 0) is 58.7 Å². The molecule has 0 aliphatic carbocycles. The van der Waals surface area contributed by atoms with E-state index < -0.39 is 0 Å². The van der Waals surface area contributed by atoms with E-state index in [4.69, 9.17) is 5.73 Å². The van der Waals surface area contributed by atoms with Gasteiger partial charge in [0, 0.05) is 11.3 Å². The van der Waals surface area contributed by atoms with Gasteiger partial charge in [0.1, 0.15) is 0 Å². The lowest BCUT2D eigenvalue weighted by Crippen LogP contribution is -2.00. The number of halogens is 1. The number of nitrogen functional groups attached to an aromatic ring is 1. The van der Waals surface area contributed by atoms with Crippen LogP contribution in [0.4, 0.5) is 5.69 Å². The van der Waals surface area contributed by atoms with Gasteiger partial charge in [-0.15, -0.1) is 11.3 Å². The molecule has 1 heterocycles. The van der Waals surface area contributed by atoms with Crippen molar-refractivity contribution in [3.05, 3.63) is 50.1 Å². The van der Waals surface area contributed by atoms with E-state index in [0.717, 1.165) is 14.2 Å². The number of nitrogens with two attached hydrogens (primary N) is 1. The van der Waals surface area contributed by atoms with Crippen LogP contribution in [0.15, 0.2) is 34.1 Å². The second kappa shape index (κ2) is 4.39. The highest BCUT2D eigenvalue weighted by Gasteiger charge is 2.11. The lowest BCUT2D eigenvalue weighted by Gasteiger charge is -2.02. The van der Waals surface area contributed by atoms with Crippen LogP contribution in [-0.2, 0) is 0 Å². The fourth-order valence-electron chi connectivity index (χ4n) is 1.40. The topological polar surface area (TPSA) is 43.1 Å². The number of ketones is 1. The van der Waals surface area contributed by atoms with Gasteiger partial charge in [-0.25, -0.2) is 0 Å². The van der Waals surface area contributed by atoms with E-state index in [1.165, 1.54) is 11.3 Å². The molecule has 0 amide bonds. The SMILES string of the molecule is Cc1cc(C(=O)c2ccc(Br)s2)ccc1N. The second-order valence-electron chi connectivity index (χ2n) is 3.50. The molecular weight excluding hydrogens is 286 g/mol. The molecule has 0 bridgehead atoms. The Balaban J connectivity index is 2.38. The summed E-state index contributed by atoms with van der Waals surface area (Å²) in [6.07, 6.45) is 0. The lowest BCUT2D eigenvalue weighted by molar-refractivity contribution is 0.104. The van der Waals surface area contributed by atoms with E-state index >= 15 is 0 Å². The van der Waals surface area contributed by atoms with E-state index in [0.29, 0.717) is 11.3 Å². The first-order valence-corrected chi connectivity index (χ1v) is 6.35. The van der Waals surface area contributed by atoms with Gasteiger partial charge in [0.2, 0.25) is 5.78 Å². The molecule has 0 unspecified atom stereocenters. The van der Waals surface area contributed by atoms with Crippen molar-refractivity contribution >= 4 is 38.7 Å². The molecule has 0 aliphatic rings. The Kier molecular flexibility index (Phi) is 3.12. The van der Waals surface area contributed by atoms with Crippen LogP contribution in [0.2, 0.25) is 0 Å². The molecule has 82 valence electrons. The fourth-order valence-corrected chi connectivity index (χ4v) is 2.74. The summed E-state index contributed by atoms with van der Waals surface area (Å²) in [6, 6.07) is 9.06. The van der Waals surface area contributed by atoms with E-state index in [9.17, 15) is 4.79 Å². The molecule has 0 fully saturated rings. The number of hydrogen-bond acceptors (Lipinski definition) is 3. The van der Waals surface area contributed by atoms with Crippen LogP contribution in [0.5, 0.6) is 0 Å². The molecular formula is C12H10BrNOS. The van der Waals surface area contributed by atoms with Crippen LogP contribution < -0.4 is 5.73 Å². The van der Waals surface area contributed by atoms with Crippen LogP contribution in [0, 0.1) is 6.92 Å². The molecule has 0 radical (unpaired) electrons. The molecule has 0 saturated heterocycles. The Morgan fingerprint density at radius 1 is 1.31 bits per heavy atom. The zero-order valence-electron chi connectivity index (χ0n) is 8.66. The second-order valence-corrected chi connectivity index (χ2v) is 5.97. The molecule has 2 rings (SSSR count). The molecule has 0 saturated carbocycles. The minimum atomic E-state index is 0.0406. The average Bonchev–Trinajstić information content (AvgIpc) is 2.68. The summed E-state index contributed by atoms with van der Waals surface area (Å²) < 4.78 is 0.961. The normalized spacial score (nSPS) is 10.4. The van der Waals surface area contributed by atoms with E-state index in [1.54, 1.807) is 12.1 Å². The van der Waals surface area contributed by atoms with Gasteiger partial charge in [-0.3, -0.25) is 4.79 Å². The van der Waals surface area contributed by atoms with Crippen molar-refractivity contribution in [1.82, 2.24) is 0 Å². The largest absolute Gasteiger partial charge is 0.399 e. The van der Waals surface area contributed by atoms with Crippen LogP contribution >= 0.6 is 27.3 Å². The summed E-state index contributed by atoms with van der Waals surface area (Å²) in [7, 11) is 0. The lowest BCUT2D eigenvalue weighted by atomic mass is 10.1. The maximum Gasteiger partial charge on any atom is 0.202 e. The first-order valence-electron chi connectivity index (χ1n) is 4.74. The number of benzene rings is 1. The third kappa shape index (κ3) is 2.18. The summed E-state index contributed by atoms with van der Waals surface area (Å²) >= 11 is 4.78. The van der Waals surface area contributed by atoms with Gasteiger partial charge >= 0.3 is 0 Å². The van der Waals surface area contributed by atoms with Crippen LogP contribution in [-0.4, -0.2) is 5.78 Å². The number of thiophene rings is 1.